The van der Waals surface area contributed by atoms with E-state index < -0.39 is 11.5 Å². The molecule has 3 N–H and O–H groups in total. The standard InChI is InChI=1S/C11H22N2O2/c1-3-5-9-6-11(12,10(14)15)8-13(4-2)7-9/h9H,3-8,12H2,1-2H3,(H,14,15)/t9?,11-/m1/s1. The highest BCUT2D eigenvalue weighted by Crippen LogP contribution is 2.27. The monoisotopic (exact) mass is 214 g/mol. The van der Waals surface area contributed by atoms with Gasteiger partial charge in [0.05, 0.1) is 0 Å². The number of hydrogen-bond donors (Lipinski definition) is 2. The second-order valence-corrected chi connectivity index (χ2v) is 4.65. The Morgan fingerprint density at radius 1 is 1.60 bits per heavy atom. The molecule has 15 heavy (non-hydrogen) atoms. The van der Waals surface area contributed by atoms with E-state index in [1.807, 2.05) is 0 Å². The Kier molecular flexibility index (Phi) is 4.11. The summed E-state index contributed by atoms with van der Waals surface area (Å²) in [7, 11) is 0. The number of hydrogen-bond acceptors (Lipinski definition) is 3. The molecule has 0 spiro atoms. The van der Waals surface area contributed by atoms with Gasteiger partial charge in [0.1, 0.15) is 5.54 Å². The molecule has 2 atom stereocenters. The highest BCUT2D eigenvalue weighted by molar-refractivity contribution is 5.79. The van der Waals surface area contributed by atoms with Crippen LogP contribution in [0.2, 0.25) is 0 Å². The molecule has 4 nitrogen and oxygen atoms in total. The fraction of sp³-hybridized carbons (Fsp3) is 0.909. The molecule has 0 aromatic carbocycles. The van der Waals surface area contributed by atoms with Gasteiger partial charge in [-0.05, 0) is 25.3 Å². The Morgan fingerprint density at radius 2 is 2.27 bits per heavy atom. The molecule has 0 radical (unpaired) electrons. The lowest BCUT2D eigenvalue weighted by Crippen LogP contribution is -2.61. The SMILES string of the molecule is CCCC1CN(CC)C[C@@](N)(C(=O)O)C1. The van der Waals surface area contributed by atoms with Gasteiger partial charge in [-0.15, -0.1) is 0 Å². The molecule has 0 bridgehead atoms. The van der Waals surface area contributed by atoms with Gasteiger partial charge in [-0.2, -0.15) is 0 Å². The third kappa shape index (κ3) is 2.92. The molecule has 0 saturated carbocycles. The second-order valence-electron chi connectivity index (χ2n) is 4.65. The first-order valence-corrected chi connectivity index (χ1v) is 5.76. The molecule has 1 aliphatic heterocycles. The normalized spacial score (nSPS) is 32.9. The zero-order valence-corrected chi connectivity index (χ0v) is 9.70. The van der Waals surface area contributed by atoms with Crippen molar-refractivity contribution in [3.8, 4) is 0 Å². The third-order valence-electron chi connectivity index (χ3n) is 3.25. The van der Waals surface area contributed by atoms with E-state index in [1.54, 1.807) is 0 Å². The molecule has 0 aromatic rings. The zero-order chi connectivity index (χ0) is 11.5. The van der Waals surface area contributed by atoms with Gasteiger partial charge in [0, 0.05) is 13.1 Å². The van der Waals surface area contributed by atoms with E-state index in [9.17, 15) is 4.79 Å². The van der Waals surface area contributed by atoms with Crippen molar-refractivity contribution in [2.75, 3.05) is 19.6 Å². The first-order chi connectivity index (χ1) is 7.01. The average molecular weight is 214 g/mol. The van der Waals surface area contributed by atoms with Gasteiger partial charge >= 0.3 is 5.97 Å². The highest BCUT2D eigenvalue weighted by Gasteiger charge is 2.41. The molecule has 88 valence electrons. The quantitative estimate of drug-likeness (QED) is 0.730. The summed E-state index contributed by atoms with van der Waals surface area (Å²) in [5.41, 5.74) is 4.91. The molecule has 0 amide bonds. The maximum atomic E-state index is 11.1. The fourth-order valence-corrected chi connectivity index (χ4v) is 2.47. The predicted molar refractivity (Wildman–Crippen MR) is 59.7 cm³/mol. The van der Waals surface area contributed by atoms with E-state index in [0.29, 0.717) is 18.9 Å². The van der Waals surface area contributed by atoms with Crippen molar-refractivity contribution in [1.82, 2.24) is 4.90 Å². The molecule has 4 heteroatoms. The largest absolute Gasteiger partial charge is 0.480 e. The van der Waals surface area contributed by atoms with Crippen LogP contribution in [-0.2, 0) is 4.79 Å². The molecule has 1 fully saturated rings. The van der Waals surface area contributed by atoms with Gasteiger partial charge in [-0.1, -0.05) is 20.3 Å². The summed E-state index contributed by atoms with van der Waals surface area (Å²) in [5, 5.41) is 9.15. The summed E-state index contributed by atoms with van der Waals surface area (Å²) in [6.07, 6.45) is 2.79. The third-order valence-corrected chi connectivity index (χ3v) is 3.25. The summed E-state index contributed by atoms with van der Waals surface area (Å²) in [5.74, 6) is -0.424. The van der Waals surface area contributed by atoms with E-state index in [4.69, 9.17) is 10.8 Å². The molecule has 1 saturated heterocycles. The minimum Gasteiger partial charge on any atom is -0.480 e. The lowest BCUT2D eigenvalue weighted by atomic mass is 9.81. The Balaban J connectivity index is 2.70. The molecular formula is C11H22N2O2. The number of carboxylic acids is 1. The van der Waals surface area contributed by atoms with Gasteiger partial charge in [0.15, 0.2) is 0 Å². The number of aliphatic carboxylic acids is 1. The Bertz CT molecular complexity index is 233. The lowest BCUT2D eigenvalue weighted by Gasteiger charge is -2.41. The van der Waals surface area contributed by atoms with Crippen molar-refractivity contribution >= 4 is 5.97 Å². The van der Waals surface area contributed by atoms with Crippen molar-refractivity contribution in [2.45, 2.75) is 38.6 Å². The molecule has 1 heterocycles. The predicted octanol–water partition coefficient (Wildman–Crippen LogP) is 0.910. The first kappa shape index (κ1) is 12.5. The van der Waals surface area contributed by atoms with Crippen LogP contribution in [-0.4, -0.2) is 41.1 Å². The van der Waals surface area contributed by atoms with Crippen LogP contribution < -0.4 is 5.73 Å². The van der Waals surface area contributed by atoms with Crippen molar-refractivity contribution in [3.63, 3.8) is 0 Å². The summed E-state index contributed by atoms with van der Waals surface area (Å²) in [6.45, 7) is 6.54. The number of nitrogens with two attached hydrogens (primary N) is 1. The number of likely N-dealkylation sites (tertiary alicyclic amines) is 1. The fourth-order valence-electron chi connectivity index (χ4n) is 2.47. The molecule has 1 unspecified atom stereocenters. The second kappa shape index (κ2) is 4.94. The Labute approximate surface area is 91.4 Å². The zero-order valence-electron chi connectivity index (χ0n) is 9.70. The van der Waals surface area contributed by atoms with E-state index >= 15 is 0 Å². The number of nitrogens with zero attached hydrogens (tertiary/aromatic N) is 1. The summed E-state index contributed by atoms with van der Waals surface area (Å²) in [4.78, 5) is 13.3. The van der Waals surface area contributed by atoms with E-state index in [2.05, 4.69) is 18.7 Å². The summed E-state index contributed by atoms with van der Waals surface area (Å²) in [6, 6.07) is 0. The smallest absolute Gasteiger partial charge is 0.325 e. The number of rotatable bonds is 4. The Morgan fingerprint density at radius 3 is 2.73 bits per heavy atom. The van der Waals surface area contributed by atoms with Crippen molar-refractivity contribution in [1.29, 1.82) is 0 Å². The van der Waals surface area contributed by atoms with E-state index in [1.165, 1.54) is 0 Å². The van der Waals surface area contributed by atoms with Gasteiger partial charge in [0.25, 0.3) is 0 Å². The van der Waals surface area contributed by atoms with E-state index in [0.717, 1.165) is 25.9 Å². The number of piperidine rings is 1. The first-order valence-electron chi connectivity index (χ1n) is 5.76. The maximum Gasteiger partial charge on any atom is 0.325 e. The topological polar surface area (TPSA) is 66.6 Å². The van der Waals surface area contributed by atoms with Crippen molar-refractivity contribution in [2.24, 2.45) is 11.7 Å². The molecule has 1 aliphatic rings. The molecule has 1 rings (SSSR count). The molecule has 0 aliphatic carbocycles. The van der Waals surface area contributed by atoms with Crippen LogP contribution in [0.3, 0.4) is 0 Å². The van der Waals surface area contributed by atoms with Crippen LogP contribution >= 0.6 is 0 Å². The number of likely N-dealkylation sites (N-methyl/N-ethyl adjacent to an activating group) is 1. The van der Waals surface area contributed by atoms with Gasteiger partial charge < -0.3 is 15.7 Å². The van der Waals surface area contributed by atoms with Crippen LogP contribution in [0.4, 0.5) is 0 Å². The van der Waals surface area contributed by atoms with Crippen LogP contribution in [0, 0.1) is 5.92 Å². The van der Waals surface area contributed by atoms with Crippen LogP contribution in [0.5, 0.6) is 0 Å². The van der Waals surface area contributed by atoms with Crippen LogP contribution in [0.1, 0.15) is 33.1 Å². The maximum absolute atomic E-state index is 11.1. The summed E-state index contributed by atoms with van der Waals surface area (Å²) >= 11 is 0. The van der Waals surface area contributed by atoms with E-state index in [-0.39, 0.29) is 0 Å². The average Bonchev–Trinajstić information content (AvgIpc) is 2.17. The minimum atomic E-state index is -1.03. The van der Waals surface area contributed by atoms with Crippen LogP contribution in [0.15, 0.2) is 0 Å². The lowest BCUT2D eigenvalue weighted by molar-refractivity contribution is -0.146. The highest BCUT2D eigenvalue weighted by atomic mass is 16.4. The minimum absolute atomic E-state index is 0.435. The molecule has 0 aromatic heterocycles. The Hall–Kier alpha value is -0.610. The van der Waals surface area contributed by atoms with Gasteiger partial charge in [0.2, 0.25) is 0 Å². The number of carbonyl (C=O) groups is 1. The molecular weight excluding hydrogens is 192 g/mol. The van der Waals surface area contributed by atoms with Crippen molar-refractivity contribution in [3.05, 3.63) is 0 Å². The number of carboxylic acid groups (broad SMARTS) is 1. The van der Waals surface area contributed by atoms with Crippen molar-refractivity contribution < 1.29 is 9.90 Å². The van der Waals surface area contributed by atoms with Gasteiger partial charge in [-0.25, -0.2) is 0 Å². The van der Waals surface area contributed by atoms with Gasteiger partial charge in [-0.3, -0.25) is 4.79 Å². The summed E-state index contributed by atoms with van der Waals surface area (Å²) < 4.78 is 0. The van der Waals surface area contributed by atoms with Crippen LogP contribution in [0.25, 0.3) is 0 Å².